The van der Waals surface area contributed by atoms with Gasteiger partial charge in [0.05, 0.1) is 10.4 Å². The fourth-order valence-corrected chi connectivity index (χ4v) is 2.43. The Labute approximate surface area is 143 Å². The molecule has 8 nitrogen and oxygen atoms in total. The molecule has 2 heterocycles. The number of fused-ring (bicyclic) bond motifs is 1. The molecular formula is C17H16N6O2. The molecule has 0 bridgehead atoms. The standard InChI is InChI=1S/C17H16N6O2/c1-3-9-18-16-15(23(24)25)17(20-10-19-16)22-14-6-4-5-13-12(14)8-7-11(2)21-13/h3-8,10H,1,9H2,2H3,(H2,18,19,20,22). The predicted molar refractivity (Wildman–Crippen MR) is 97.1 cm³/mol. The lowest BCUT2D eigenvalue weighted by atomic mass is 10.1. The first-order valence-electron chi connectivity index (χ1n) is 7.57. The lowest BCUT2D eigenvalue weighted by Gasteiger charge is -2.11. The number of nitrogens with one attached hydrogen (secondary N) is 2. The highest BCUT2D eigenvalue weighted by Crippen LogP contribution is 2.33. The number of nitro groups is 1. The lowest BCUT2D eigenvalue weighted by Crippen LogP contribution is -2.08. The van der Waals surface area contributed by atoms with E-state index in [1.54, 1.807) is 6.08 Å². The molecule has 0 amide bonds. The van der Waals surface area contributed by atoms with Crippen molar-refractivity contribution in [2.45, 2.75) is 6.92 Å². The van der Waals surface area contributed by atoms with Gasteiger partial charge in [-0.25, -0.2) is 9.97 Å². The van der Waals surface area contributed by atoms with E-state index in [0.717, 1.165) is 16.6 Å². The summed E-state index contributed by atoms with van der Waals surface area (Å²) in [4.78, 5) is 23.5. The van der Waals surface area contributed by atoms with Gasteiger partial charge in [0.15, 0.2) is 0 Å². The molecular weight excluding hydrogens is 320 g/mol. The predicted octanol–water partition coefficient (Wildman–Crippen LogP) is 3.58. The lowest BCUT2D eigenvalue weighted by molar-refractivity contribution is -0.383. The zero-order valence-corrected chi connectivity index (χ0v) is 13.6. The first kappa shape index (κ1) is 16.3. The number of aryl methyl sites for hydroxylation is 1. The summed E-state index contributed by atoms with van der Waals surface area (Å²) in [5.74, 6) is 0.247. The van der Waals surface area contributed by atoms with Crippen LogP contribution in [0.15, 0.2) is 49.3 Å². The van der Waals surface area contributed by atoms with Crippen molar-refractivity contribution in [2.75, 3.05) is 17.2 Å². The van der Waals surface area contributed by atoms with E-state index in [0.29, 0.717) is 12.2 Å². The molecule has 0 aliphatic heterocycles. The fraction of sp³-hybridized carbons (Fsp3) is 0.118. The number of rotatable bonds is 6. The highest BCUT2D eigenvalue weighted by Gasteiger charge is 2.23. The van der Waals surface area contributed by atoms with Crippen molar-refractivity contribution in [1.29, 1.82) is 0 Å². The van der Waals surface area contributed by atoms with Crippen molar-refractivity contribution in [1.82, 2.24) is 15.0 Å². The van der Waals surface area contributed by atoms with Crippen molar-refractivity contribution < 1.29 is 4.92 Å². The molecule has 0 unspecified atom stereocenters. The molecule has 0 radical (unpaired) electrons. The van der Waals surface area contributed by atoms with Crippen LogP contribution in [0.5, 0.6) is 0 Å². The molecule has 0 aliphatic carbocycles. The van der Waals surface area contributed by atoms with E-state index in [2.05, 4.69) is 32.2 Å². The Morgan fingerprint density at radius 3 is 2.80 bits per heavy atom. The summed E-state index contributed by atoms with van der Waals surface area (Å²) in [5, 5.41) is 18.2. The third-order valence-corrected chi connectivity index (χ3v) is 3.54. The Bertz CT molecular complexity index is 957. The summed E-state index contributed by atoms with van der Waals surface area (Å²) in [7, 11) is 0. The van der Waals surface area contributed by atoms with Crippen molar-refractivity contribution >= 4 is 33.9 Å². The Morgan fingerprint density at radius 2 is 2.04 bits per heavy atom. The van der Waals surface area contributed by atoms with Crippen LogP contribution in [0.2, 0.25) is 0 Å². The first-order valence-corrected chi connectivity index (χ1v) is 7.57. The smallest absolute Gasteiger partial charge is 0.353 e. The molecule has 0 fully saturated rings. The van der Waals surface area contributed by atoms with Crippen molar-refractivity contribution in [3.8, 4) is 0 Å². The largest absolute Gasteiger partial charge is 0.361 e. The normalized spacial score (nSPS) is 10.4. The Kier molecular flexibility index (Phi) is 4.51. The minimum absolute atomic E-state index is 0.111. The van der Waals surface area contributed by atoms with Crippen LogP contribution in [0.3, 0.4) is 0 Å². The second kappa shape index (κ2) is 6.91. The van der Waals surface area contributed by atoms with Crippen LogP contribution in [-0.4, -0.2) is 26.4 Å². The molecule has 3 aromatic rings. The van der Waals surface area contributed by atoms with Crippen LogP contribution < -0.4 is 10.6 Å². The number of nitrogens with zero attached hydrogens (tertiary/aromatic N) is 4. The summed E-state index contributed by atoms with van der Waals surface area (Å²) in [6, 6.07) is 9.35. The highest BCUT2D eigenvalue weighted by molar-refractivity contribution is 5.94. The molecule has 2 N–H and O–H groups in total. The molecule has 0 atom stereocenters. The van der Waals surface area contributed by atoms with Gasteiger partial charge in [-0.1, -0.05) is 12.1 Å². The Hall–Kier alpha value is -3.55. The SMILES string of the molecule is C=CCNc1ncnc(Nc2cccc3nc(C)ccc23)c1[N+](=O)[O-]. The third-order valence-electron chi connectivity index (χ3n) is 3.54. The van der Waals surface area contributed by atoms with E-state index in [1.807, 2.05) is 37.3 Å². The maximum absolute atomic E-state index is 11.5. The van der Waals surface area contributed by atoms with E-state index in [-0.39, 0.29) is 17.3 Å². The molecule has 0 saturated carbocycles. The van der Waals surface area contributed by atoms with Gasteiger partial charge in [0.25, 0.3) is 0 Å². The second-order valence-corrected chi connectivity index (χ2v) is 5.30. The molecule has 0 aliphatic rings. The van der Waals surface area contributed by atoms with Crippen molar-refractivity contribution in [3.05, 3.63) is 65.1 Å². The zero-order valence-electron chi connectivity index (χ0n) is 13.6. The summed E-state index contributed by atoms with van der Waals surface area (Å²) >= 11 is 0. The van der Waals surface area contributed by atoms with Crippen molar-refractivity contribution in [3.63, 3.8) is 0 Å². The van der Waals surface area contributed by atoms with Gasteiger partial charge in [-0.15, -0.1) is 6.58 Å². The number of hydrogen-bond acceptors (Lipinski definition) is 7. The van der Waals surface area contributed by atoms with E-state index in [9.17, 15) is 10.1 Å². The fourth-order valence-electron chi connectivity index (χ4n) is 2.43. The van der Waals surface area contributed by atoms with Gasteiger partial charge in [-0.05, 0) is 31.2 Å². The average Bonchev–Trinajstić information content (AvgIpc) is 2.59. The van der Waals surface area contributed by atoms with Crippen LogP contribution in [0.4, 0.5) is 23.0 Å². The van der Waals surface area contributed by atoms with E-state index >= 15 is 0 Å². The molecule has 25 heavy (non-hydrogen) atoms. The summed E-state index contributed by atoms with van der Waals surface area (Å²) in [6.45, 7) is 5.85. The summed E-state index contributed by atoms with van der Waals surface area (Å²) < 4.78 is 0. The summed E-state index contributed by atoms with van der Waals surface area (Å²) in [5.41, 5.74) is 2.16. The van der Waals surface area contributed by atoms with Gasteiger partial charge in [-0.3, -0.25) is 15.1 Å². The minimum atomic E-state index is -0.513. The van der Waals surface area contributed by atoms with Crippen molar-refractivity contribution in [2.24, 2.45) is 0 Å². The molecule has 2 aromatic heterocycles. The van der Waals surface area contributed by atoms with E-state index in [4.69, 9.17) is 0 Å². The van der Waals surface area contributed by atoms with Crippen LogP contribution in [-0.2, 0) is 0 Å². The average molecular weight is 336 g/mol. The Balaban J connectivity index is 2.06. The topological polar surface area (TPSA) is 106 Å². The number of benzene rings is 1. The quantitative estimate of drug-likeness (QED) is 0.402. The van der Waals surface area contributed by atoms with Gasteiger partial charge in [-0.2, -0.15) is 0 Å². The van der Waals surface area contributed by atoms with Gasteiger partial charge in [0.1, 0.15) is 6.33 Å². The highest BCUT2D eigenvalue weighted by atomic mass is 16.6. The number of pyridine rings is 1. The number of anilines is 3. The Morgan fingerprint density at radius 1 is 1.24 bits per heavy atom. The molecule has 126 valence electrons. The molecule has 8 heteroatoms. The summed E-state index contributed by atoms with van der Waals surface area (Å²) in [6.07, 6.45) is 2.87. The minimum Gasteiger partial charge on any atom is -0.361 e. The maximum atomic E-state index is 11.5. The van der Waals surface area contributed by atoms with Crippen LogP contribution in [0.1, 0.15) is 5.69 Å². The third kappa shape index (κ3) is 3.37. The van der Waals surface area contributed by atoms with Crippen LogP contribution >= 0.6 is 0 Å². The first-order chi connectivity index (χ1) is 12.1. The van der Waals surface area contributed by atoms with Gasteiger partial charge in [0.2, 0.25) is 11.6 Å². The van der Waals surface area contributed by atoms with E-state index < -0.39 is 4.92 Å². The number of hydrogen-bond donors (Lipinski definition) is 2. The van der Waals surface area contributed by atoms with Gasteiger partial charge < -0.3 is 10.6 Å². The van der Waals surface area contributed by atoms with Gasteiger partial charge >= 0.3 is 5.69 Å². The monoisotopic (exact) mass is 336 g/mol. The number of aromatic nitrogens is 3. The molecule has 3 rings (SSSR count). The second-order valence-electron chi connectivity index (χ2n) is 5.30. The van der Waals surface area contributed by atoms with Crippen LogP contribution in [0, 0.1) is 17.0 Å². The molecule has 0 spiro atoms. The molecule has 1 aromatic carbocycles. The maximum Gasteiger partial charge on any atom is 0.353 e. The molecule has 0 saturated heterocycles. The van der Waals surface area contributed by atoms with E-state index in [1.165, 1.54) is 6.33 Å². The van der Waals surface area contributed by atoms with Crippen LogP contribution in [0.25, 0.3) is 10.9 Å². The van der Waals surface area contributed by atoms with Gasteiger partial charge in [0, 0.05) is 23.3 Å². The zero-order chi connectivity index (χ0) is 17.8.